The van der Waals surface area contributed by atoms with Crippen LogP contribution >= 0.6 is 11.3 Å². The first kappa shape index (κ1) is 14.6. The molecule has 1 fully saturated rings. The fourth-order valence-electron chi connectivity index (χ4n) is 3.31. The third-order valence-electron chi connectivity index (χ3n) is 4.81. The molecule has 1 heterocycles. The Morgan fingerprint density at radius 1 is 0.900 bits per heavy atom. The van der Waals surface area contributed by atoms with Gasteiger partial charge in [-0.15, -0.1) is 11.3 Å². The molecule has 0 bridgehead atoms. The minimum absolute atomic E-state index is 0.830. The third-order valence-corrected chi connectivity index (χ3v) is 5.94. The summed E-state index contributed by atoms with van der Waals surface area (Å²) in [6, 6.07) is 0.830. The topological polar surface area (TPSA) is 12.0 Å². The number of hydrogen-bond donors (Lipinski definition) is 1. The average molecular weight is 292 g/mol. The summed E-state index contributed by atoms with van der Waals surface area (Å²) < 4.78 is 0. The van der Waals surface area contributed by atoms with Crippen LogP contribution in [0.4, 0.5) is 0 Å². The highest BCUT2D eigenvalue weighted by molar-refractivity contribution is 7.10. The summed E-state index contributed by atoms with van der Waals surface area (Å²) in [5, 5.41) is 6.15. The third kappa shape index (κ3) is 4.33. The quantitative estimate of drug-likeness (QED) is 0.805. The normalized spacial score (nSPS) is 21.8. The van der Waals surface area contributed by atoms with Gasteiger partial charge in [-0.3, -0.25) is 0 Å². The summed E-state index contributed by atoms with van der Waals surface area (Å²) in [5.41, 5.74) is 3.35. The Labute approximate surface area is 128 Å². The summed E-state index contributed by atoms with van der Waals surface area (Å²) in [4.78, 5) is 1.71. The van der Waals surface area contributed by atoms with E-state index in [9.17, 15) is 0 Å². The monoisotopic (exact) mass is 291 g/mol. The summed E-state index contributed by atoms with van der Waals surface area (Å²) in [6.07, 6.45) is 17.0. The second-order valence-electron chi connectivity index (χ2n) is 6.65. The molecule has 1 saturated carbocycles. The first-order chi connectivity index (χ1) is 9.93. The van der Waals surface area contributed by atoms with Crippen molar-refractivity contribution in [3.05, 3.63) is 21.4 Å². The molecule has 2 heteroatoms. The van der Waals surface area contributed by atoms with Gasteiger partial charge >= 0.3 is 0 Å². The molecular formula is C18H29NS. The first-order valence-electron chi connectivity index (χ1n) is 8.75. The standard InChI is InChI=1S/C18H29NS/c1-2-4-6-8-10-18-17(9-7-5-3-1)15(14-20-18)13-19-16-11-12-16/h14,16,19H,1-13H2. The lowest BCUT2D eigenvalue weighted by Crippen LogP contribution is -2.16. The molecule has 20 heavy (non-hydrogen) atoms. The zero-order valence-electron chi connectivity index (χ0n) is 12.8. The molecule has 0 radical (unpaired) electrons. The van der Waals surface area contributed by atoms with E-state index in [2.05, 4.69) is 10.7 Å². The molecule has 1 nitrogen and oxygen atoms in total. The van der Waals surface area contributed by atoms with Crippen LogP contribution in [0.3, 0.4) is 0 Å². The molecule has 0 amide bonds. The van der Waals surface area contributed by atoms with Crippen LogP contribution in [0.15, 0.2) is 5.38 Å². The first-order valence-corrected chi connectivity index (χ1v) is 9.63. The molecule has 0 aromatic carbocycles. The van der Waals surface area contributed by atoms with Crippen molar-refractivity contribution >= 4 is 11.3 Å². The Bertz CT molecular complexity index is 406. The molecule has 2 aliphatic carbocycles. The zero-order valence-corrected chi connectivity index (χ0v) is 13.6. The van der Waals surface area contributed by atoms with Crippen molar-refractivity contribution < 1.29 is 0 Å². The van der Waals surface area contributed by atoms with Crippen molar-refractivity contribution in [3.8, 4) is 0 Å². The van der Waals surface area contributed by atoms with Gasteiger partial charge < -0.3 is 5.32 Å². The Balaban J connectivity index is 1.63. The van der Waals surface area contributed by atoms with E-state index in [4.69, 9.17) is 0 Å². The molecule has 3 rings (SSSR count). The van der Waals surface area contributed by atoms with Crippen LogP contribution < -0.4 is 5.32 Å². The predicted octanol–water partition coefficient (Wildman–Crippen LogP) is 5.22. The molecule has 112 valence electrons. The van der Waals surface area contributed by atoms with E-state index in [1.165, 1.54) is 77.0 Å². The van der Waals surface area contributed by atoms with E-state index in [0.717, 1.165) is 12.6 Å². The average Bonchev–Trinajstić information content (AvgIpc) is 3.20. The summed E-state index contributed by atoms with van der Waals surface area (Å²) in [6.45, 7) is 1.12. The maximum absolute atomic E-state index is 3.70. The molecule has 1 aromatic heterocycles. The largest absolute Gasteiger partial charge is 0.310 e. The van der Waals surface area contributed by atoms with Crippen LogP contribution in [-0.2, 0) is 19.4 Å². The van der Waals surface area contributed by atoms with E-state index in [1.54, 1.807) is 16.0 Å². The molecule has 0 atom stereocenters. The van der Waals surface area contributed by atoms with Crippen LogP contribution in [0.1, 0.15) is 80.2 Å². The van der Waals surface area contributed by atoms with Crippen molar-refractivity contribution in [2.24, 2.45) is 0 Å². The van der Waals surface area contributed by atoms with Crippen LogP contribution in [0.25, 0.3) is 0 Å². The molecule has 0 saturated heterocycles. The minimum atomic E-state index is 0.830. The van der Waals surface area contributed by atoms with Crippen molar-refractivity contribution in [1.29, 1.82) is 0 Å². The van der Waals surface area contributed by atoms with Crippen molar-refractivity contribution in [2.45, 2.75) is 89.6 Å². The molecule has 1 N–H and O–H groups in total. The Morgan fingerprint density at radius 3 is 2.25 bits per heavy atom. The lowest BCUT2D eigenvalue weighted by molar-refractivity contribution is 0.560. The zero-order chi connectivity index (χ0) is 13.6. The van der Waals surface area contributed by atoms with Crippen LogP contribution in [0.5, 0.6) is 0 Å². The number of thiophene rings is 1. The minimum Gasteiger partial charge on any atom is -0.310 e. The summed E-state index contributed by atoms with van der Waals surface area (Å²) in [7, 11) is 0. The maximum atomic E-state index is 3.70. The second kappa shape index (κ2) is 7.61. The highest BCUT2D eigenvalue weighted by Gasteiger charge is 2.21. The van der Waals surface area contributed by atoms with Gasteiger partial charge in [0.15, 0.2) is 0 Å². The molecule has 2 aliphatic rings. The van der Waals surface area contributed by atoms with E-state index >= 15 is 0 Å². The summed E-state index contributed by atoms with van der Waals surface area (Å²) >= 11 is 2.03. The maximum Gasteiger partial charge on any atom is 0.0219 e. The van der Waals surface area contributed by atoms with E-state index < -0.39 is 0 Å². The molecule has 1 aromatic rings. The molecular weight excluding hydrogens is 262 g/mol. The number of aryl methyl sites for hydroxylation is 1. The number of nitrogens with one attached hydrogen (secondary N) is 1. The lowest BCUT2D eigenvalue weighted by Gasteiger charge is -2.10. The number of fused-ring (bicyclic) bond motifs is 1. The fraction of sp³-hybridized carbons (Fsp3) is 0.778. The van der Waals surface area contributed by atoms with Gasteiger partial charge in [0.25, 0.3) is 0 Å². The lowest BCUT2D eigenvalue weighted by atomic mass is 9.98. The van der Waals surface area contributed by atoms with Gasteiger partial charge in [-0.1, -0.05) is 38.5 Å². The number of rotatable bonds is 3. The van der Waals surface area contributed by atoms with Crippen LogP contribution in [-0.4, -0.2) is 6.04 Å². The van der Waals surface area contributed by atoms with Crippen LogP contribution in [0, 0.1) is 0 Å². The van der Waals surface area contributed by atoms with Gasteiger partial charge in [0.2, 0.25) is 0 Å². The van der Waals surface area contributed by atoms with Gasteiger partial charge in [0.1, 0.15) is 0 Å². The summed E-state index contributed by atoms with van der Waals surface area (Å²) in [5.74, 6) is 0. The van der Waals surface area contributed by atoms with Crippen molar-refractivity contribution in [2.75, 3.05) is 0 Å². The Morgan fingerprint density at radius 2 is 1.55 bits per heavy atom. The van der Waals surface area contributed by atoms with Gasteiger partial charge in [-0.05, 0) is 55.0 Å². The van der Waals surface area contributed by atoms with E-state index in [0.29, 0.717) is 0 Å². The highest BCUT2D eigenvalue weighted by Crippen LogP contribution is 2.29. The smallest absolute Gasteiger partial charge is 0.0219 e. The molecule has 0 unspecified atom stereocenters. The van der Waals surface area contributed by atoms with Gasteiger partial charge in [-0.25, -0.2) is 0 Å². The second-order valence-corrected chi connectivity index (χ2v) is 7.61. The van der Waals surface area contributed by atoms with Gasteiger partial charge in [0.05, 0.1) is 0 Å². The Kier molecular flexibility index (Phi) is 5.55. The fourth-order valence-corrected chi connectivity index (χ4v) is 4.46. The Hall–Kier alpha value is -0.340. The van der Waals surface area contributed by atoms with E-state index in [-0.39, 0.29) is 0 Å². The molecule has 0 aliphatic heterocycles. The van der Waals surface area contributed by atoms with Crippen LogP contribution in [0.2, 0.25) is 0 Å². The number of hydrogen-bond acceptors (Lipinski definition) is 2. The van der Waals surface area contributed by atoms with E-state index in [1.807, 2.05) is 11.3 Å². The van der Waals surface area contributed by atoms with Gasteiger partial charge in [-0.2, -0.15) is 0 Å². The highest BCUT2D eigenvalue weighted by atomic mass is 32.1. The SMILES string of the molecule is c1sc2c(c1CNC1CC1)CCCCCCCCCC2. The van der Waals surface area contributed by atoms with Crippen molar-refractivity contribution in [1.82, 2.24) is 5.32 Å². The molecule has 0 spiro atoms. The van der Waals surface area contributed by atoms with Gasteiger partial charge in [0, 0.05) is 17.5 Å². The van der Waals surface area contributed by atoms with Crippen molar-refractivity contribution in [3.63, 3.8) is 0 Å². The predicted molar refractivity (Wildman–Crippen MR) is 88.5 cm³/mol.